The molecule has 0 aliphatic rings. The molecule has 2 rings (SSSR count). The molecule has 0 saturated carbocycles. The van der Waals surface area contributed by atoms with Gasteiger partial charge in [0.25, 0.3) is 0 Å². The molecule has 0 radical (unpaired) electrons. The summed E-state index contributed by atoms with van der Waals surface area (Å²) < 4.78 is 0.333. The van der Waals surface area contributed by atoms with E-state index in [0.29, 0.717) is 23.0 Å². The molecule has 2 N–H and O–H groups in total. The van der Waals surface area contributed by atoms with Gasteiger partial charge in [0.05, 0.1) is 0 Å². The molecule has 4 heteroatoms. The van der Waals surface area contributed by atoms with E-state index < -0.39 is 0 Å². The van der Waals surface area contributed by atoms with E-state index in [1.54, 1.807) is 0 Å². The second kappa shape index (κ2) is 7.90. The maximum atomic E-state index is 5.67. The standard InChI is InChI=1S/C18H20BrN3/c1-13(2)12-21-17(22-18(19)20)16-10-6-9-15(11-16)14-7-4-3-5-8-14/h3-11,13H,12H2,1-2H3,(H2,20,21,22). The number of nitrogens with two attached hydrogens (primary N) is 1. The fraction of sp³-hybridized carbons (Fsp3) is 0.222. The third kappa shape index (κ3) is 4.81. The van der Waals surface area contributed by atoms with Gasteiger partial charge in [0.15, 0.2) is 10.6 Å². The molecule has 0 bridgehead atoms. The Hall–Kier alpha value is -1.94. The van der Waals surface area contributed by atoms with Gasteiger partial charge in [-0.25, -0.2) is 4.99 Å². The Morgan fingerprint density at radius 3 is 2.36 bits per heavy atom. The van der Waals surface area contributed by atoms with Crippen molar-refractivity contribution in [1.82, 2.24) is 0 Å². The molecule has 0 aromatic heterocycles. The average Bonchev–Trinajstić information content (AvgIpc) is 2.52. The fourth-order valence-electron chi connectivity index (χ4n) is 2.03. The SMILES string of the molecule is CC(C)CN=C(N=C(N)Br)c1cccc(-c2ccccc2)c1. The number of hydrogen-bond acceptors (Lipinski definition) is 1. The van der Waals surface area contributed by atoms with E-state index in [-0.39, 0.29) is 0 Å². The molecular weight excluding hydrogens is 338 g/mol. The van der Waals surface area contributed by atoms with Gasteiger partial charge in [-0.05, 0) is 39.0 Å². The predicted octanol–water partition coefficient (Wildman–Crippen LogP) is 4.47. The van der Waals surface area contributed by atoms with Crippen LogP contribution in [0.3, 0.4) is 0 Å². The highest BCUT2D eigenvalue weighted by molar-refractivity contribution is 9.18. The summed E-state index contributed by atoms with van der Waals surface area (Å²) in [6.45, 7) is 4.97. The Morgan fingerprint density at radius 1 is 1.05 bits per heavy atom. The van der Waals surface area contributed by atoms with Crippen molar-refractivity contribution < 1.29 is 0 Å². The molecule has 114 valence electrons. The van der Waals surface area contributed by atoms with Crippen LogP contribution in [0.15, 0.2) is 64.6 Å². The lowest BCUT2D eigenvalue weighted by molar-refractivity contribution is 0.665. The fourth-order valence-corrected chi connectivity index (χ4v) is 2.20. The zero-order valence-electron chi connectivity index (χ0n) is 12.8. The zero-order valence-corrected chi connectivity index (χ0v) is 14.4. The van der Waals surface area contributed by atoms with Crippen molar-refractivity contribution in [2.45, 2.75) is 13.8 Å². The molecule has 0 fully saturated rings. The van der Waals surface area contributed by atoms with Crippen LogP contribution in [0.4, 0.5) is 0 Å². The number of halogens is 1. The van der Waals surface area contributed by atoms with Gasteiger partial charge in [-0.3, -0.25) is 4.99 Å². The van der Waals surface area contributed by atoms with Gasteiger partial charge in [0.1, 0.15) is 0 Å². The Morgan fingerprint density at radius 2 is 1.73 bits per heavy atom. The van der Waals surface area contributed by atoms with Crippen LogP contribution in [0.2, 0.25) is 0 Å². The minimum absolute atomic E-state index is 0.333. The zero-order chi connectivity index (χ0) is 15.9. The predicted molar refractivity (Wildman–Crippen MR) is 98.7 cm³/mol. The van der Waals surface area contributed by atoms with Crippen molar-refractivity contribution in [2.24, 2.45) is 21.6 Å². The highest BCUT2D eigenvalue weighted by atomic mass is 79.9. The topological polar surface area (TPSA) is 50.7 Å². The number of aliphatic imine (C=N–C) groups is 2. The van der Waals surface area contributed by atoms with Gasteiger partial charge in [0, 0.05) is 12.1 Å². The van der Waals surface area contributed by atoms with E-state index in [4.69, 9.17) is 5.73 Å². The van der Waals surface area contributed by atoms with Crippen molar-refractivity contribution in [3.8, 4) is 11.1 Å². The van der Waals surface area contributed by atoms with Crippen molar-refractivity contribution in [3.05, 3.63) is 60.2 Å². The molecule has 0 atom stereocenters. The Kier molecular flexibility index (Phi) is 5.90. The average molecular weight is 358 g/mol. The number of hydrogen-bond donors (Lipinski definition) is 1. The largest absolute Gasteiger partial charge is 0.378 e. The molecule has 22 heavy (non-hydrogen) atoms. The van der Waals surface area contributed by atoms with Crippen LogP contribution in [0.25, 0.3) is 11.1 Å². The van der Waals surface area contributed by atoms with Crippen LogP contribution >= 0.6 is 15.9 Å². The Balaban J connectivity index is 2.40. The molecule has 2 aromatic rings. The third-order valence-electron chi connectivity index (χ3n) is 3.05. The first-order chi connectivity index (χ1) is 10.6. The van der Waals surface area contributed by atoms with Gasteiger partial charge in [-0.15, -0.1) is 0 Å². The van der Waals surface area contributed by atoms with Crippen LogP contribution in [0.1, 0.15) is 19.4 Å². The second-order valence-electron chi connectivity index (χ2n) is 5.44. The lowest BCUT2D eigenvalue weighted by Crippen LogP contribution is -2.09. The Bertz CT molecular complexity index is 672. The summed E-state index contributed by atoms with van der Waals surface area (Å²) in [5.41, 5.74) is 8.94. The first-order valence-electron chi connectivity index (χ1n) is 7.26. The number of rotatable bonds is 4. The molecule has 0 amide bonds. The summed E-state index contributed by atoms with van der Waals surface area (Å²) in [6, 6.07) is 18.5. The van der Waals surface area contributed by atoms with Crippen molar-refractivity contribution in [1.29, 1.82) is 0 Å². The van der Waals surface area contributed by atoms with Crippen molar-refractivity contribution in [2.75, 3.05) is 6.54 Å². The molecule has 0 unspecified atom stereocenters. The summed E-state index contributed by atoms with van der Waals surface area (Å²) in [5.74, 6) is 1.12. The van der Waals surface area contributed by atoms with Gasteiger partial charge in [0.2, 0.25) is 0 Å². The smallest absolute Gasteiger partial charge is 0.169 e. The lowest BCUT2D eigenvalue weighted by atomic mass is 10.0. The number of nitrogens with zero attached hydrogens (tertiary/aromatic N) is 2. The molecule has 0 heterocycles. The molecule has 3 nitrogen and oxygen atoms in total. The van der Waals surface area contributed by atoms with Gasteiger partial charge < -0.3 is 5.73 Å². The van der Waals surface area contributed by atoms with Crippen LogP contribution in [0.5, 0.6) is 0 Å². The van der Waals surface area contributed by atoms with E-state index in [1.807, 2.05) is 30.3 Å². The maximum absolute atomic E-state index is 5.67. The summed E-state index contributed by atoms with van der Waals surface area (Å²) in [7, 11) is 0. The minimum atomic E-state index is 0.333. The van der Waals surface area contributed by atoms with Gasteiger partial charge in [-0.1, -0.05) is 62.4 Å². The van der Waals surface area contributed by atoms with Crippen molar-refractivity contribution in [3.63, 3.8) is 0 Å². The third-order valence-corrected chi connectivity index (χ3v) is 3.22. The normalized spacial score (nSPS) is 12.7. The number of amidine groups is 2. The second-order valence-corrected chi connectivity index (χ2v) is 6.25. The molecular formula is C18H20BrN3. The van der Waals surface area contributed by atoms with Crippen LogP contribution in [-0.4, -0.2) is 17.1 Å². The van der Waals surface area contributed by atoms with E-state index >= 15 is 0 Å². The summed E-state index contributed by atoms with van der Waals surface area (Å²) >= 11 is 3.19. The molecule has 2 aromatic carbocycles. The highest BCUT2D eigenvalue weighted by Gasteiger charge is 2.06. The summed E-state index contributed by atoms with van der Waals surface area (Å²) in [4.78, 5) is 8.90. The summed E-state index contributed by atoms with van der Waals surface area (Å²) in [6.07, 6.45) is 0. The number of benzene rings is 2. The molecule has 0 aliphatic carbocycles. The van der Waals surface area contributed by atoms with Crippen LogP contribution in [0, 0.1) is 5.92 Å². The van der Waals surface area contributed by atoms with Crippen molar-refractivity contribution >= 4 is 26.5 Å². The van der Waals surface area contributed by atoms with Crippen LogP contribution < -0.4 is 5.73 Å². The highest BCUT2D eigenvalue weighted by Crippen LogP contribution is 2.20. The van der Waals surface area contributed by atoms with E-state index in [9.17, 15) is 0 Å². The minimum Gasteiger partial charge on any atom is -0.378 e. The van der Waals surface area contributed by atoms with Gasteiger partial charge in [-0.2, -0.15) is 0 Å². The van der Waals surface area contributed by atoms with E-state index in [2.05, 4.69) is 64.0 Å². The van der Waals surface area contributed by atoms with Gasteiger partial charge >= 0.3 is 0 Å². The van der Waals surface area contributed by atoms with E-state index in [0.717, 1.165) is 11.1 Å². The monoisotopic (exact) mass is 357 g/mol. The van der Waals surface area contributed by atoms with Crippen LogP contribution in [-0.2, 0) is 0 Å². The lowest BCUT2D eigenvalue weighted by Gasteiger charge is -2.07. The molecule has 0 spiro atoms. The van der Waals surface area contributed by atoms with E-state index in [1.165, 1.54) is 5.56 Å². The quantitative estimate of drug-likeness (QED) is 0.489. The Labute approximate surface area is 140 Å². The molecule has 0 aliphatic heterocycles. The molecule has 0 saturated heterocycles. The first kappa shape index (κ1) is 16.4. The first-order valence-corrected chi connectivity index (χ1v) is 8.05. The maximum Gasteiger partial charge on any atom is 0.169 e. The summed E-state index contributed by atoms with van der Waals surface area (Å²) in [5, 5.41) is 0.